The van der Waals surface area contributed by atoms with E-state index in [0.29, 0.717) is 0 Å². The summed E-state index contributed by atoms with van der Waals surface area (Å²) in [6.07, 6.45) is 0. The smallest absolute Gasteiger partial charge is 1.00 e. The Morgan fingerprint density at radius 1 is 1.00 bits per heavy atom. The van der Waals surface area contributed by atoms with E-state index in [-0.39, 0.29) is 60.1 Å². The molecule has 0 amide bonds. The molecular weight excluding hydrogens is 240 g/mol. The van der Waals surface area contributed by atoms with E-state index in [1.165, 1.54) is 0 Å². The molecule has 39 valence electrons. The summed E-state index contributed by atoms with van der Waals surface area (Å²) < 4.78 is 0. The molecule has 0 rings (SSSR count). The molecule has 0 aromatic carbocycles. The van der Waals surface area contributed by atoms with Crippen LogP contribution in [0.5, 0.6) is 0 Å². The van der Waals surface area contributed by atoms with Crippen molar-refractivity contribution in [3.05, 3.63) is 0 Å². The van der Waals surface area contributed by atoms with Crippen molar-refractivity contribution in [3.8, 4) is 0 Å². The Morgan fingerprint density at radius 3 is 1.00 bits per heavy atom. The van der Waals surface area contributed by atoms with Gasteiger partial charge in [0.25, 0.3) is 0 Å². The van der Waals surface area contributed by atoms with Gasteiger partial charge in [0, 0.05) is 8.41 Å². The van der Waals surface area contributed by atoms with Crippen LogP contribution in [0.2, 0.25) is 0 Å². The van der Waals surface area contributed by atoms with Gasteiger partial charge in [-0.1, -0.05) is 0 Å². The van der Waals surface area contributed by atoms with Gasteiger partial charge in [0.15, 0.2) is 0 Å². The van der Waals surface area contributed by atoms with Crippen LogP contribution in [-0.4, -0.2) is 85.5 Å². The minimum Gasteiger partial charge on any atom is -1.00 e. The van der Waals surface area contributed by atoms with Gasteiger partial charge in [-0.05, 0) is 0 Å². The zero-order chi connectivity index (χ0) is 4.50. The topological polar surface area (TPSA) is 80.9 Å². The van der Waals surface area contributed by atoms with E-state index in [4.69, 9.17) is 19.2 Å². The van der Waals surface area contributed by atoms with E-state index < -0.39 is 9.05 Å². The van der Waals surface area contributed by atoms with E-state index in [0.717, 1.165) is 0 Å². The van der Waals surface area contributed by atoms with Gasteiger partial charge in [-0.3, -0.25) is 0 Å². The fourth-order valence-corrected chi connectivity index (χ4v) is 0. The standard InChI is InChI=1S/B.Ba.H4O4Si.2H/c;;1-5(2,3)4;;/h;;1-4H;;/q;+2;;2*-1. The summed E-state index contributed by atoms with van der Waals surface area (Å²) in [4.78, 5) is 29.3. The molecule has 0 aliphatic carbocycles. The van der Waals surface area contributed by atoms with Crippen LogP contribution in [0.15, 0.2) is 0 Å². The van der Waals surface area contributed by atoms with E-state index in [2.05, 4.69) is 0 Å². The summed E-state index contributed by atoms with van der Waals surface area (Å²) in [5, 5.41) is 0. The first kappa shape index (κ1) is 15.9. The maximum Gasteiger partial charge on any atom is 2.00 e. The van der Waals surface area contributed by atoms with E-state index >= 15 is 0 Å². The largest absolute Gasteiger partial charge is 2.00 e. The van der Waals surface area contributed by atoms with Crippen LogP contribution in [0.1, 0.15) is 2.85 Å². The number of hydrogen-bond donors (Lipinski definition) is 4. The predicted molar refractivity (Wildman–Crippen MR) is 28.4 cm³/mol. The molecule has 0 unspecified atom stereocenters. The average Bonchev–Trinajstić information content (AvgIpc) is 0.722. The molecule has 0 saturated heterocycles. The number of rotatable bonds is 0. The predicted octanol–water partition coefficient (Wildman–Crippen LogP) is -3.15. The van der Waals surface area contributed by atoms with Gasteiger partial charge in [-0.15, -0.1) is 0 Å². The third-order valence-corrected chi connectivity index (χ3v) is 0. The Morgan fingerprint density at radius 2 is 1.00 bits per heavy atom. The fourth-order valence-electron chi connectivity index (χ4n) is 0. The Hall–Kier alpha value is 1.69. The van der Waals surface area contributed by atoms with Gasteiger partial charge < -0.3 is 22.0 Å². The SMILES string of the molecule is O[Si](O)(O)O.[B].[Ba+2].[H-].[H-]. The summed E-state index contributed by atoms with van der Waals surface area (Å²) >= 11 is 0. The van der Waals surface area contributed by atoms with Crippen molar-refractivity contribution >= 4 is 66.3 Å². The summed E-state index contributed by atoms with van der Waals surface area (Å²) in [7, 11) is -4.61. The Kier molecular flexibility index (Phi) is 13.2. The van der Waals surface area contributed by atoms with Crippen LogP contribution < -0.4 is 0 Å². The first-order valence-electron chi connectivity index (χ1n) is 0.894. The average molecular weight is 246 g/mol. The molecule has 0 aromatic heterocycles. The summed E-state index contributed by atoms with van der Waals surface area (Å²) in [6.45, 7) is 0. The molecule has 4 N–H and O–H groups in total. The second kappa shape index (κ2) is 5.82. The molecule has 3 radical (unpaired) electrons. The Balaban J connectivity index is -0.0000000133. The zero-order valence-electron chi connectivity index (χ0n) is 5.57. The number of hydrogen-bond acceptors (Lipinski definition) is 4. The Bertz CT molecular complexity index is 34.0. The van der Waals surface area contributed by atoms with Crippen molar-refractivity contribution in [2.45, 2.75) is 0 Å². The van der Waals surface area contributed by atoms with Crippen LogP contribution in [0.3, 0.4) is 0 Å². The molecule has 0 fully saturated rings. The van der Waals surface area contributed by atoms with Crippen molar-refractivity contribution in [1.82, 2.24) is 0 Å². The van der Waals surface area contributed by atoms with E-state index in [1.54, 1.807) is 0 Å². The van der Waals surface area contributed by atoms with E-state index in [9.17, 15) is 0 Å². The molecule has 7 heteroatoms. The minimum atomic E-state index is -4.61. The molecular formula is H6BBaO4Si. The van der Waals surface area contributed by atoms with Crippen molar-refractivity contribution in [1.29, 1.82) is 0 Å². The minimum absolute atomic E-state index is 0. The van der Waals surface area contributed by atoms with Crippen LogP contribution in [0.4, 0.5) is 0 Å². The monoisotopic (exact) mass is 247 g/mol. The molecule has 0 heterocycles. The first-order chi connectivity index (χ1) is 2.00. The second-order valence-electron chi connectivity index (χ2n) is 0.600. The molecule has 0 saturated carbocycles. The van der Waals surface area contributed by atoms with Crippen molar-refractivity contribution < 1.29 is 22.0 Å². The summed E-state index contributed by atoms with van der Waals surface area (Å²) in [5.41, 5.74) is 0. The van der Waals surface area contributed by atoms with Crippen molar-refractivity contribution in [2.24, 2.45) is 0 Å². The van der Waals surface area contributed by atoms with Crippen LogP contribution in [-0.2, 0) is 0 Å². The molecule has 0 aromatic rings. The van der Waals surface area contributed by atoms with Crippen molar-refractivity contribution in [2.75, 3.05) is 0 Å². The maximum absolute atomic E-state index is 7.33. The third-order valence-electron chi connectivity index (χ3n) is 0. The fraction of sp³-hybridized carbons (Fsp3) is 0. The molecule has 0 atom stereocenters. The normalized spacial score (nSPS) is 8.57. The van der Waals surface area contributed by atoms with Gasteiger partial charge in [0.1, 0.15) is 0 Å². The molecule has 7 heavy (non-hydrogen) atoms. The van der Waals surface area contributed by atoms with Gasteiger partial charge in [0.2, 0.25) is 0 Å². The molecule has 0 spiro atoms. The quantitative estimate of drug-likeness (QED) is 0.340. The molecule has 0 bridgehead atoms. The van der Waals surface area contributed by atoms with E-state index in [1.807, 2.05) is 0 Å². The molecule has 0 aliphatic heterocycles. The molecule has 4 nitrogen and oxygen atoms in total. The van der Waals surface area contributed by atoms with Crippen LogP contribution >= 0.6 is 0 Å². The summed E-state index contributed by atoms with van der Waals surface area (Å²) in [6, 6.07) is 0. The van der Waals surface area contributed by atoms with Gasteiger partial charge in [-0.2, -0.15) is 0 Å². The van der Waals surface area contributed by atoms with Crippen LogP contribution in [0, 0.1) is 0 Å². The van der Waals surface area contributed by atoms with Crippen LogP contribution in [0.25, 0.3) is 0 Å². The second-order valence-corrected chi connectivity index (χ2v) is 1.80. The Labute approximate surface area is 87.3 Å². The zero-order valence-corrected chi connectivity index (χ0v) is 9.01. The summed E-state index contributed by atoms with van der Waals surface area (Å²) in [5.74, 6) is 0. The maximum atomic E-state index is 7.33. The van der Waals surface area contributed by atoms with Gasteiger partial charge in [0.05, 0.1) is 0 Å². The molecule has 0 aliphatic rings. The van der Waals surface area contributed by atoms with Gasteiger partial charge >= 0.3 is 57.9 Å². The van der Waals surface area contributed by atoms with Gasteiger partial charge in [-0.25, -0.2) is 0 Å². The third kappa shape index (κ3) is 87.0. The van der Waals surface area contributed by atoms with Crippen molar-refractivity contribution in [3.63, 3.8) is 0 Å². The first-order valence-corrected chi connectivity index (χ1v) is 2.68.